The molecule has 39 heavy (non-hydrogen) atoms. The number of imidazole rings is 1. The highest BCUT2D eigenvalue weighted by Crippen LogP contribution is 2.36. The molecule has 0 spiro atoms. The zero-order valence-corrected chi connectivity index (χ0v) is 23.7. The largest absolute Gasteiger partial charge is 0.349 e. The molecule has 202 valence electrons. The van der Waals surface area contributed by atoms with Crippen LogP contribution in [0.1, 0.15) is 31.0 Å². The molecule has 0 amide bonds. The van der Waals surface area contributed by atoms with E-state index >= 15 is 0 Å². The lowest BCUT2D eigenvalue weighted by atomic mass is 9.93. The summed E-state index contributed by atoms with van der Waals surface area (Å²) in [6.07, 6.45) is 3.59. The van der Waals surface area contributed by atoms with Gasteiger partial charge in [-0.3, -0.25) is 4.90 Å². The number of piperazine rings is 1. The topological polar surface area (TPSA) is 79.4 Å². The predicted molar refractivity (Wildman–Crippen MR) is 156 cm³/mol. The van der Waals surface area contributed by atoms with Gasteiger partial charge in [-0.2, -0.15) is 4.98 Å². The Morgan fingerprint density at radius 3 is 2.23 bits per heavy atom. The van der Waals surface area contributed by atoms with E-state index in [1.165, 1.54) is 11.1 Å². The van der Waals surface area contributed by atoms with Crippen molar-refractivity contribution in [1.29, 1.82) is 0 Å². The first kappa shape index (κ1) is 26.0. The van der Waals surface area contributed by atoms with Crippen molar-refractivity contribution in [3.63, 3.8) is 0 Å². The third-order valence-corrected chi connectivity index (χ3v) is 8.10. The maximum absolute atomic E-state index is 6.25. The molecule has 4 heterocycles. The van der Waals surface area contributed by atoms with Gasteiger partial charge < -0.3 is 14.8 Å². The summed E-state index contributed by atoms with van der Waals surface area (Å²) in [5.74, 6) is 1.42. The van der Waals surface area contributed by atoms with E-state index in [9.17, 15) is 0 Å². The summed E-state index contributed by atoms with van der Waals surface area (Å²) in [6, 6.07) is 16.8. The Bertz CT molecular complexity index is 1530. The van der Waals surface area contributed by atoms with Crippen LogP contribution < -0.4 is 10.2 Å². The average molecular weight is 565 g/mol. The summed E-state index contributed by atoms with van der Waals surface area (Å²) >= 11 is 12.5. The second-order valence-corrected chi connectivity index (χ2v) is 11.1. The van der Waals surface area contributed by atoms with Crippen LogP contribution in [0.25, 0.3) is 16.9 Å². The van der Waals surface area contributed by atoms with Gasteiger partial charge >= 0.3 is 0 Å². The number of hydrogen-bond donors (Lipinski definition) is 1. The van der Waals surface area contributed by atoms with Crippen LogP contribution in [0.3, 0.4) is 0 Å². The molecule has 1 aliphatic heterocycles. The van der Waals surface area contributed by atoms with Gasteiger partial charge in [0.15, 0.2) is 11.5 Å². The van der Waals surface area contributed by atoms with Gasteiger partial charge in [0.25, 0.3) is 5.78 Å². The van der Waals surface area contributed by atoms with E-state index in [-0.39, 0.29) is 18.1 Å². The molecule has 0 unspecified atom stereocenters. The molecule has 1 N–H and O–H groups in total. The minimum Gasteiger partial charge on any atom is -0.349 e. The number of hydrogen-bond acceptors (Lipinski definition) is 7. The van der Waals surface area contributed by atoms with Gasteiger partial charge in [0, 0.05) is 48.3 Å². The van der Waals surface area contributed by atoms with Crippen molar-refractivity contribution in [1.82, 2.24) is 39.3 Å². The molecule has 2 aromatic carbocycles. The number of nitrogens with zero attached hydrogens (tertiary/aromatic N) is 8. The Kier molecular flexibility index (Phi) is 7.16. The second-order valence-electron chi connectivity index (χ2n) is 10.2. The number of nitrogens with one attached hydrogen (secondary N) is 1. The van der Waals surface area contributed by atoms with Crippen molar-refractivity contribution >= 4 is 46.0 Å². The van der Waals surface area contributed by atoms with Crippen molar-refractivity contribution in [2.45, 2.75) is 38.5 Å². The van der Waals surface area contributed by atoms with Crippen LogP contribution in [0, 0.1) is 0 Å². The molecule has 0 bridgehead atoms. The highest BCUT2D eigenvalue weighted by molar-refractivity contribution is 6.30. The van der Waals surface area contributed by atoms with Crippen LogP contribution in [-0.2, 0) is 6.54 Å². The molecule has 1 fully saturated rings. The molecule has 6 rings (SSSR count). The summed E-state index contributed by atoms with van der Waals surface area (Å²) in [6.45, 7) is 7.76. The number of aromatic nitrogens is 6. The van der Waals surface area contributed by atoms with Gasteiger partial charge in [0.2, 0.25) is 0 Å². The highest BCUT2D eigenvalue weighted by atomic mass is 35.5. The maximum Gasteiger partial charge on any atom is 0.258 e. The molecule has 0 radical (unpaired) electrons. The molecule has 0 aliphatic carbocycles. The Morgan fingerprint density at radius 2 is 1.59 bits per heavy atom. The number of anilines is 1. The Morgan fingerprint density at radius 1 is 0.923 bits per heavy atom. The monoisotopic (exact) mass is 563 g/mol. The maximum atomic E-state index is 6.25. The fourth-order valence-electron chi connectivity index (χ4n) is 5.66. The molecule has 1 aliphatic rings. The van der Waals surface area contributed by atoms with Crippen LogP contribution >= 0.6 is 23.2 Å². The van der Waals surface area contributed by atoms with Gasteiger partial charge in [0.1, 0.15) is 11.8 Å². The Hall–Kier alpha value is -3.24. The first-order valence-corrected chi connectivity index (χ1v) is 13.9. The first-order valence-electron chi connectivity index (χ1n) is 13.2. The number of fused-ring (bicyclic) bond motifs is 3. The minimum absolute atomic E-state index is 0.0619. The number of rotatable bonds is 7. The van der Waals surface area contributed by atoms with Gasteiger partial charge in [-0.25, -0.2) is 9.38 Å². The van der Waals surface area contributed by atoms with E-state index < -0.39 is 0 Å². The van der Waals surface area contributed by atoms with Gasteiger partial charge in [-0.05, 0) is 56.3 Å². The van der Waals surface area contributed by atoms with Gasteiger partial charge in [-0.1, -0.05) is 47.5 Å². The molecule has 9 nitrogen and oxygen atoms in total. The summed E-state index contributed by atoms with van der Waals surface area (Å²) in [7, 11) is 1.95. The second kappa shape index (κ2) is 10.7. The first-order chi connectivity index (χ1) is 18.9. The van der Waals surface area contributed by atoms with E-state index in [2.05, 4.69) is 68.0 Å². The third kappa shape index (κ3) is 4.84. The van der Waals surface area contributed by atoms with Crippen molar-refractivity contribution in [2.75, 3.05) is 31.6 Å². The van der Waals surface area contributed by atoms with E-state index in [0.29, 0.717) is 5.78 Å². The standard InChI is InChI=1S/C28H31Cl2N9/c1-18-15-38(26-24-27(36(16-32-24)13-12-31-3)39-17-33-35-28(39)34-26)19(2)14-37(18)25(20-4-8-22(29)9-5-20)21-6-10-23(30)11-7-21/h4-11,16-19,25,31H,12-15H2,1-3H3/t18-,19+/m1/s1. The molecule has 1 saturated heterocycles. The number of benzene rings is 2. The molecular formula is C28H31Cl2N9. The lowest BCUT2D eigenvalue weighted by Gasteiger charge is -2.48. The Labute approximate surface area is 237 Å². The van der Waals surface area contributed by atoms with Crippen LogP contribution in [0.5, 0.6) is 0 Å². The van der Waals surface area contributed by atoms with Crippen molar-refractivity contribution in [3.05, 3.63) is 82.4 Å². The molecule has 2 atom stereocenters. The molecule has 11 heteroatoms. The number of halogens is 2. The van der Waals surface area contributed by atoms with Crippen molar-refractivity contribution in [2.24, 2.45) is 0 Å². The lowest BCUT2D eigenvalue weighted by molar-refractivity contribution is 0.129. The average Bonchev–Trinajstić information content (AvgIpc) is 3.58. The van der Waals surface area contributed by atoms with E-state index in [4.69, 9.17) is 33.2 Å². The quantitative estimate of drug-likeness (QED) is 0.307. The number of likely N-dealkylation sites (N-methyl/N-ethyl adjacent to an activating group) is 1. The van der Waals surface area contributed by atoms with Crippen LogP contribution in [0.2, 0.25) is 10.0 Å². The van der Waals surface area contributed by atoms with Gasteiger partial charge in [0.05, 0.1) is 12.4 Å². The SMILES string of the molecule is CNCCn1cnc2c(N3C[C@@H](C)N(C(c4ccc(Cl)cc4)c4ccc(Cl)cc4)C[C@@H]3C)nc3nncn3c21. The molecule has 3 aromatic heterocycles. The normalized spacial score (nSPS) is 18.6. The zero-order valence-electron chi connectivity index (χ0n) is 22.2. The van der Waals surface area contributed by atoms with Crippen LogP contribution in [0.4, 0.5) is 5.82 Å². The van der Waals surface area contributed by atoms with Crippen LogP contribution in [0.15, 0.2) is 61.2 Å². The summed E-state index contributed by atoms with van der Waals surface area (Å²) in [5.41, 5.74) is 4.21. The van der Waals surface area contributed by atoms with Gasteiger partial charge in [-0.15, -0.1) is 10.2 Å². The predicted octanol–water partition coefficient (Wildman–Crippen LogP) is 4.69. The summed E-state index contributed by atoms with van der Waals surface area (Å²) in [4.78, 5) is 14.7. The fraction of sp³-hybridized carbons (Fsp3) is 0.357. The van der Waals surface area contributed by atoms with E-state index in [1.807, 2.05) is 42.0 Å². The minimum atomic E-state index is 0.0619. The summed E-state index contributed by atoms with van der Waals surface area (Å²) in [5, 5.41) is 13.1. The van der Waals surface area contributed by atoms with E-state index in [1.54, 1.807) is 6.33 Å². The highest BCUT2D eigenvalue weighted by Gasteiger charge is 2.36. The van der Waals surface area contributed by atoms with E-state index in [0.717, 1.165) is 53.2 Å². The molecule has 5 aromatic rings. The summed E-state index contributed by atoms with van der Waals surface area (Å²) < 4.78 is 4.05. The fourth-order valence-corrected chi connectivity index (χ4v) is 5.91. The smallest absolute Gasteiger partial charge is 0.258 e. The zero-order chi connectivity index (χ0) is 27.1. The lowest BCUT2D eigenvalue weighted by Crippen LogP contribution is -2.57. The van der Waals surface area contributed by atoms with Crippen LogP contribution in [-0.4, -0.2) is 72.8 Å². The molecular weight excluding hydrogens is 533 g/mol. The van der Waals surface area contributed by atoms with Crippen molar-refractivity contribution < 1.29 is 0 Å². The third-order valence-electron chi connectivity index (χ3n) is 7.60. The van der Waals surface area contributed by atoms with Crippen molar-refractivity contribution in [3.8, 4) is 0 Å². The Balaban J connectivity index is 1.37. The molecule has 0 saturated carbocycles.